The van der Waals surface area contributed by atoms with Gasteiger partial charge in [0.25, 0.3) is 0 Å². The number of nitrogens with zero attached hydrogens (tertiary/aromatic N) is 4. The molecule has 0 amide bonds. The van der Waals surface area contributed by atoms with Crippen molar-refractivity contribution >= 4 is 21.6 Å². The SMILES string of the molecule is COc1ccc(-c2nc3occn3c2-c2ccnc(NCCCS(=O)(=O)c3ccc(OC)cc3)n2)cc1. The van der Waals surface area contributed by atoms with Gasteiger partial charge in [0.15, 0.2) is 9.84 Å². The molecule has 10 nitrogen and oxygen atoms in total. The molecule has 1 N–H and O–H groups in total. The van der Waals surface area contributed by atoms with Crippen molar-refractivity contribution in [3.63, 3.8) is 0 Å². The summed E-state index contributed by atoms with van der Waals surface area (Å²) in [7, 11) is -0.252. The molecular weight excluding hydrogens is 494 g/mol. The topological polar surface area (TPSA) is 121 Å². The Morgan fingerprint density at radius 3 is 2.35 bits per heavy atom. The van der Waals surface area contributed by atoms with Gasteiger partial charge in [0, 0.05) is 24.5 Å². The molecule has 190 valence electrons. The molecule has 0 unspecified atom stereocenters. The molecule has 0 radical (unpaired) electrons. The fourth-order valence-corrected chi connectivity index (χ4v) is 5.23. The van der Waals surface area contributed by atoms with E-state index < -0.39 is 9.84 Å². The Kier molecular flexibility index (Phi) is 6.78. The van der Waals surface area contributed by atoms with Crippen LogP contribution in [0.25, 0.3) is 28.5 Å². The number of sulfone groups is 1. The number of ether oxygens (including phenoxy) is 2. The first-order valence-corrected chi connectivity index (χ1v) is 13.2. The van der Waals surface area contributed by atoms with Crippen LogP contribution in [-0.2, 0) is 9.84 Å². The number of imidazole rings is 1. The summed E-state index contributed by atoms with van der Waals surface area (Å²) in [5.74, 6) is 2.18. The first-order valence-electron chi connectivity index (χ1n) is 11.5. The fourth-order valence-electron chi connectivity index (χ4n) is 3.92. The summed E-state index contributed by atoms with van der Waals surface area (Å²) < 4.78 is 43.0. The van der Waals surface area contributed by atoms with Gasteiger partial charge < -0.3 is 19.2 Å². The highest BCUT2D eigenvalue weighted by atomic mass is 32.2. The second-order valence-electron chi connectivity index (χ2n) is 8.13. The zero-order valence-electron chi connectivity index (χ0n) is 20.3. The third-order valence-electron chi connectivity index (χ3n) is 5.82. The van der Waals surface area contributed by atoms with Crippen LogP contribution in [0.3, 0.4) is 0 Å². The molecular formula is C26H25N5O5S. The third-order valence-corrected chi connectivity index (χ3v) is 7.63. The predicted octanol–water partition coefficient (Wildman–Crippen LogP) is 4.34. The molecule has 3 heterocycles. The Bertz CT molecular complexity index is 1610. The van der Waals surface area contributed by atoms with Gasteiger partial charge in [-0.1, -0.05) is 0 Å². The molecule has 0 aliphatic heterocycles. The van der Waals surface area contributed by atoms with E-state index >= 15 is 0 Å². The van der Waals surface area contributed by atoms with Crippen LogP contribution in [0.4, 0.5) is 5.95 Å². The van der Waals surface area contributed by atoms with Crippen LogP contribution < -0.4 is 14.8 Å². The van der Waals surface area contributed by atoms with Crippen LogP contribution >= 0.6 is 0 Å². The number of rotatable bonds is 10. The van der Waals surface area contributed by atoms with Crippen LogP contribution in [0.1, 0.15) is 6.42 Å². The van der Waals surface area contributed by atoms with Crippen LogP contribution in [0.2, 0.25) is 0 Å². The molecule has 0 aliphatic carbocycles. The smallest absolute Gasteiger partial charge is 0.306 e. The van der Waals surface area contributed by atoms with Crippen molar-refractivity contribution in [2.75, 3.05) is 31.8 Å². The van der Waals surface area contributed by atoms with E-state index in [1.54, 1.807) is 56.1 Å². The number of hydrogen-bond donors (Lipinski definition) is 1. The van der Waals surface area contributed by atoms with E-state index in [0.717, 1.165) is 17.0 Å². The highest BCUT2D eigenvalue weighted by molar-refractivity contribution is 7.91. The molecule has 0 bridgehead atoms. The maximum atomic E-state index is 12.6. The van der Waals surface area contributed by atoms with Gasteiger partial charge in [-0.3, -0.25) is 4.40 Å². The number of nitrogens with one attached hydrogen (secondary N) is 1. The molecule has 0 saturated heterocycles. The van der Waals surface area contributed by atoms with Gasteiger partial charge in [0.1, 0.15) is 29.2 Å². The van der Waals surface area contributed by atoms with Gasteiger partial charge in [-0.05, 0) is 61.0 Å². The number of methoxy groups -OCH3 is 2. The lowest BCUT2D eigenvalue weighted by Gasteiger charge is -2.09. The minimum Gasteiger partial charge on any atom is -0.497 e. The summed E-state index contributed by atoms with van der Waals surface area (Å²) in [6.07, 6.45) is 5.38. The Labute approximate surface area is 213 Å². The lowest BCUT2D eigenvalue weighted by molar-refractivity contribution is 0.414. The Balaban J connectivity index is 1.32. The predicted molar refractivity (Wildman–Crippen MR) is 139 cm³/mol. The summed E-state index contributed by atoms with van der Waals surface area (Å²) in [5, 5.41) is 3.13. The molecule has 5 aromatic rings. The Morgan fingerprint density at radius 2 is 1.65 bits per heavy atom. The molecule has 0 fully saturated rings. The van der Waals surface area contributed by atoms with Gasteiger partial charge in [0.05, 0.1) is 30.6 Å². The fraction of sp³-hybridized carbons (Fsp3) is 0.192. The number of fused-ring (bicyclic) bond motifs is 1. The minimum atomic E-state index is -3.41. The van der Waals surface area contributed by atoms with Crippen molar-refractivity contribution in [2.24, 2.45) is 0 Å². The zero-order chi connectivity index (χ0) is 25.8. The standard InChI is InChI=1S/C26H25N5O5S/c1-34-19-6-4-18(5-7-19)23-24(31-15-16-36-26(31)30-23)22-12-14-28-25(29-22)27-13-3-17-37(32,33)21-10-8-20(35-2)9-11-21/h4-12,14-16H,3,13,17H2,1-2H3,(H,27,28,29). The monoisotopic (exact) mass is 519 g/mol. The number of oxazole rings is 1. The number of aromatic nitrogens is 4. The van der Waals surface area contributed by atoms with Crippen molar-refractivity contribution in [3.8, 4) is 34.1 Å². The highest BCUT2D eigenvalue weighted by Gasteiger charge is 2.20. The number of benzene rings is 2. The second-order valence-corrected chi connectivity index (χ2v) is 10.2. The average Bonchev–Trinajstić information content (AvgIpc) is 3.53. The van der Waals surface area contributed by atoms with E-state index in [-0.39, 0.29) is 10.6 Å². The number of hydrogen-bond acceptors (Lipinski definition) is 9. The van der Waals surface area contributed by atoms with Crippen LogP contribution in [-0.4, -0.2) is 54.3 Å². The maximum Gasteiger partial charge on any atom is 0.306 e. The van der Waals surface area contributed by atoms with E-state index in [4.69, 9.17) is 13.9 Å². The summed E-state index contributed by atoms with van der Waals surface area (Å²) in [4.78, 5) is 13.9. The van der Waals surface area contributed by atoms with E-state index in [1.807, 2.05) is 28.7 Å². The van der Waals surface area contributed by atoms with Gasteiger partial charge in [-0.15, -0.1) is 0 Å². The largest absolute Gasteiger partial charge is 0.497 e. The van der Waals surface area contributed by atoms with Crippen LogP contribution in [0, 0.1) is 0 Å². The molecule has 11 heteroatoms. The second kappa shape index (κ2) is 10.3. The van der Waals surface area contributed by atoms with Crippen molar-refractivity contribution in [1.82, 2.24) is 19.4 Å². The summed E-state index contributed by atoms with van der Waals surface area (Å²) >= 11 is 0. The van der Waals surface area contributed by atoms with Crippen LogP contribution in [0.15, 0.2) is 82.6 Å². The summed E-state index contributed by atoms with van der Waals surface area (Å²) in [5.41, 5.74) is 2.98. The Hall–Kier alpha value is -4.38. The molecule has 0 atom stereocenters. The van der Waals surface area contributed by atoms with Gasteiger partial charge in [0.2, 0.25) is 5.95 Å². The van der Waals surface area contributed by atoms with Crippen molar-refractivity contribution < 1.29 is 22.3 Å². The molecule has 0 saturated carbocycles. The maximum absolute atomic E-state index is 12.6. The van der Waals surface area contributed by atoms with Crippen molar-refractivity contribution in [1.29, 1.82) is 0 Å². The number of anilines is 1. The molecule has 3 aromatic heterocycles. The summed E-state index contributed by atoms with van der Waals surface area (Å²) in [6, 6.07) is 15.8. The minimum absolute atomic E-state index is 0.00803. The highest BCUT2D eigenvalue weighted by Crippen LogP contribution is 2.33. The van der Waals surface area contributed by atoms with Gasteiger partial charge in [-0.2, -0.15) is 4.98 Å². The van der Waals surface area contributed by atoms with E-state index in [9.17, 15) is 8.42 Å². The van der Waals surface area contributed by atoms with E-state index in [0.29, 0.717) is 41.9 Å². The lowest BCUT2D eigenvalue weighted by atomic mass is 10.1. The van der Waals surface area contributed by atoms with Gasteiger partial charge in [-0.25, -0.2) is 18.4 Å². The summed E-state index contributed by atoms with van der Waals surface area (Å²) in [6.45, 7) is 0.387. The van der Waals surface area contributed by atoms with E-state index in [2.05, 4.69) is 20.3 Å². The zero-order valence-corrected chi connectivity index (χ0v) is 21.1. The molecule has 37 heavy (non-hydrogen) atoms. The molecule has 2 aromatic carbocycles. The average molecular weight is 520 g/mol. The third kappa shape index (κ3) is 5.12. The van der Waals surface area contributed by atoms with E-state index in [1.165, 1.54) is 7.11 Å². The molecule has 0 spiro atoms. The Morgan fingerprint density at radius 1 is 0.946 bits per heavy atom. The van der Waals surface area contributed by atoms with Crippen LogP contribution in [0.5, 0.6) is 11.5 Å². The van der Waals surface area contributed by atoms with Crippen molar-refractivity contribution in [2.45, 2.75) is 11.3 Å². The normalized spacial score (nSPS) is 11.5. The van der Waals surface area contributed by atoms with Crippen molar-refractivity contribution in [3.05, 3.63) is 73.3 Å². The quantitative estimate of drug-likeness (QED) is 0.269. The molecule has 5 rings (SSSR count). The first-order chi connectivity index (χ1) is 18.0. The van der Waals surface area contributed by atoms with Gasteiger partial charge >= 0.3 is 5.84 Å². The lowest BCUT2D eigenvalue weighted by Crippen LogP contribution is -2.13. The molecule has 0 aliphatic rings. The first kappa shape index (κ1) is 24.3.